The molecule has 1 amide bonds. The standard InChI is InChI=1S/C25H27FN2O4S/c1-19(21-8-10-22(26)11-9-21)27-25(29)18-28(17-16-20-6-4-3-5-7-20)33(30,31)24-14-12-23(32-2)13-15-24/h3-15,19H,16-18H2,1-2H3,(H,27,29)/t19-/m0/s1. The van der Waals surface area contributed by atoms with Crippen molar-refractivity contribution in [1.82, 2.24) is 9.62 Å². The fraction of sp³-hybridized carbons (Fsp3) is 0.240. The molecule has 3 rings (SSSR count). The van der Waals surface area contributed by atoms with Crippen molar-refractivity contribution >= 4 is 15.9 Å². The van der Waals surface area contributed by atoms with E-state index in [4.69, 9.17) is 4.74 Å². The smallest absolute Gasteiger partial charge is 0.243 e. The first kappa shape index (κ1) is 24.4. The molecule has 0 spiro atoms. The van der Waals surface area contributed by atoms with E-state index >= 15 is 0 Å². The van der Waals surface area contributed by atoms with Gasteiger partial charge in [0.2, 0.25) is 15.9 Å². The van der Waals surface area contributed by atoms with E-state index in [0.717, 1.165) is 11.1 Å². The highest BCUT2D eigenvalue weighted by atomic mass is 32.2. The lowest BCUT2D eigenvalue weighted by Gasteiger charge is -2.23. The predicted molar refractivity (Wildman–Crippen MR) is 125 cm³/mol. The van der Waals surface area contributed by atoms with Crippen molar-refractivity contribution in [3.05, 3.63) is 95.8 Å². The van der Waals surface area contributed by atoms with E-state index in [0.29, 0.717) is 12.2 Å². The van der Waals surface area contributed by atoms with Gasteiger partial charge in [0.15, 0.2) is 0 Å². The number of ether oxygens (including phenoxy) is 1. The second-order valence-corrected chi connectivity index (χ2v) is 9.53. The molecule has 0 bridgehead atoms. The molecule has 1 N–H and O–H groups in total. The van der Waals surface area contributed by atoms with Crippen LogP contribution in [-0.2, 0) is 21.2 Å². The fourth-order valence-corrected chi connectivity index (χ4v) is 4.76. The van der Waals surface area contributed by atoms with Gasteiger partial charge in [-0.25, -0.2) is 12.8 Å². The molecule has 0 radical (unpaired) electrons. The van der Waals surface area contributed by atoms with E-state index in [1.807, 2.05) is 30.3 Å². The van der Waals surface area contributed by atoms with Gasteiger partial charge in [0.1, 0.15) is 11.6 Å². The number of benzene rings is 3. The zero-order valence-electron chi connectivity index (χ0n) is 18.6. The maximum absolute atomic E-state index is 13.3. The highest BCUT2D eigenvalue weighted by molar-refractivity contribution is 7.89. The lowest BCUT2D eigenvalue weighted by Crippen LogP contribution is -2.42. The van der Waals surface area contributed by atoms with Crippen LogP contribution in [-0.4, -0.2) is 38.8 Å². The third-order valence-corrected chi connectivity index (χ3v) is 7.12. The van der Waals surface area contributed by atoms with E-state index in [2.05, 4.69) is 5.32 Å². The number of carbonyl (C=O) groups is 1. The zero-order valence-corrected chi connectivity index (χ0v) is 19.4. The average molecular weight is 471 g/mol. The van der Waals surface area contributed by atoms with Gasteiger partial charge in [-0.3, -0.25) is 4.79 Å². The molecule has 0 aliphatic heterocycles. The van der Waals surface area contributed by atoms with Gasteiger partial charge in [0.25, 0.3) is 0 Å². The number of carbonyl (C=O) groups excluding carboxylic acids is 1. The summed E-state index contributed by atoms with van der Waals surface area (Å²) in [7, 11) is -2.43. The molecule has 0 aromatic heterocycles. The number of sulfonamides is 1. The molecule has 3 aromatic carbocycles. The van der Waals surface area contributed by atoms with Gasteiger partial charge in [-0.05, 0) is 60.9 Å². The van der Waals surface area contributed by atoms with Gasteiger partial charge in [0.05, 0.1) is 24.6 Å². The van der Waals surface area contributed by atoms with Gasteiger partial charge in [-0.1, -0.05) is 42.5 Å². The number of rotatable bonds is 10. The Morgan fingerprint density at radius 3 is 2.24 bits per heavy atom. The number of hydrogen-bond acceptors (Lipinski definition) is 4. The summed E-state index contributed by atoms with van der Waals surface area (Å²) >= 11 is 0. The van der Waals surface area contributed by atoms with E-state index in [1.54, 1.807) is 31.2 Å². The summed E-state index contributed by atoms with van der Waals surface area (Å²) in [6, 6.07) is 20.9. The zero-order chi connectivity index (χ0) is 23.8. The number of halogens is 1. The first-order valence-electron chi connectivity index (χ1n) is 10.5. The molecule has 0 heterocycles. The number of methoxy groups -OCH3 is 1. The molecule has 0 aliphatic carbocycles. The van der Waals surface area contributed by atoms with Crippen molar-refractivity contribution in [3.8, 4) is 5.75 Å². The molecule has 33 heavy (non-hydrogen) atoms. The molecular weight excluding hydrogens is 443 g/mol. The lowest BCUT2D eigenvalue weighted by atomic mass is 10.1. The highest BCUT2D eigenvalue weighted by Crippen LogP contribution is 2.20. The Bertz CT molecular complexity index is 1150. The Hall–Kier alpha value is -3.23. The van der Waals surface area contributed by atoms with Crippen molar-refractivity contribution in [2.75, 3.05) is 20.2 Å². The number of amides is 1. The van der Waals surface area contributed by atoms with Crippen LogP contribution >= 0.6 is 0 Å². The first-order chi connectivity index (χ1) is 15.8. The number of nitrogens with one attached hydrogen (secondary N) is 1. The van der Waals surface area contributed by atoms with Crippen molar-refractivity contribution in [2.24, 2.45) is 0 Å². The normalized spacial score (nSPS) is 12.4. The molecule has 6 nitrogen and oxygen atoms in total. The van der Waals surface area contributed by atoms with E-state index < -0.39 is 22.0 Å². The molecule has 174 valence electrons. The molecule has 8 heteroatoms. The SMILES string of the molecule is COc1ccc(S(=O)(=O)N(CCc2ccccc2)CC(=O)N[C@@H](C)c2ccc(F)cc2)cc1. The summed E-state index contributed by atoms with van der Waals surface area (Å²) < 4.78 is 46.2. The largest absolute Gasteiger partial charge is 0.497 e. The topological polar surface area (TPSA) is 75.7 Å². The summed E-state index contributed by atoms with van der Waals surface area (Å²) in [5.74, 6) is -0.275. The predicted octanol–water partition coefficient (Wildman–Crippen LogP) is 3.95. The second-order valence-electron chi connectivity index (χ2n) is 7.59. The number of hydrogen-bond donors (Lipinski definition) is 1. The third-order valence-electron chi connectivity index (χ3n) is 5.26. The summed E-state index contributed by atoms with van der Waals surface area (Å²) in [5, 5.41) is 2.80. The number of nitrogens with zero attached hydrogens (tertiary/aromatic N) is 1. The van der Waals surface area contributed by atoms with E-state index in [1.165, 1.54) is 35.7 Å². The maximum Gasteiger partial charge on any atom is 0.243 e. The fourth-order valence-electron chi connectivity index (χ4n) is 3.36. The Labute approximate surface area is 194 Å². The lowest BCUT2D eigenvalue weighted by molar-refractivity contribution is -0.121. The molecule has 0 fully saturated rings. The molecular formula is C25H27FN2O4S. The monoisotopic (exact) mass is 470 g/mol. The summed E-state index contributed by atoms with van der Waals surface area (Å²) in [5.41, 5.74) is 1.69. The minimum atomic E-state index is -3.93. The van der Waals surface area contributed by atoms with Crippen LogP contribution in [0.2, 0.25) is 0 Å². The van der Waals surface area contributed by atoms with Crippen LogP contribution in [0.25, 0.3) is 0 Å². The van der Waals surface area contributed by atoms with Crippen molar-refractivity contribution in [2.45, 2.75) is 24.3 Å². The Kier molecular flexibility index (Phi) is 8.19. The van der Waals surface area contributed by atoms with Gasteiger partial charge in [-0.2, -0.15) is 4.31 Å². The van der Waals surface area contributed by atoms with Crippen LogP contribution in [0, 0.1) is 5.82 Å². The van der Waals surface area contributed by atoms with Crippen molar-refractivity contribution in [1.29, 1.82) is 0 Å². The van der Waals surface area contributed by atoms with Crippen LogP contribution in [0.3, 0.4) is 0 Å². The van der Waals surface area contributed by atoms with Crippen molar-refractivity contribution < 1.29 is 22.3 Å². The Balaban J connectivity index is 1.77. The third kappa shape index (κ3) is 6.63. The van der Waals surface area contributed by atoms with Gasteiger partial charge < -0.3 is 10.1 Å². The first-order valence-corrected chi connectivity index (χ1v) is 12.0. The van der Waals surface area contributed by atoms with Crippen LogP contribution in [0.4, 0.5) is 4.39 Å². The molecule has 0 aliphatic rings. The molecule has 0 saturated heterocycles. The highest BCUT2D eigenvalue weighted by Gasteiger charge is 2.27. The van der Waals surface area contributed by atoms with Crippen LogP contribution < -0.4 is 10.1 Å². The Morgan fingerprint density at radius 2 is 1.64 bits per heavy atom. The maximum atomic E-state index is 13.3. The minimum absolute atomic E-state index is 0.0794. The summed E-state index contributed by atoms with van der Waals surface area (Å²) in [6.45, 7) is 1.56. The van der Waals surface area contributed by atoms with Gasteiger partial charge in [-0.15, -0.1) is 0 Å². The quantitative estimate of drug-likeness (QED) is 0.487. The van der Waals surface area contributed by atoms with E-state index in [9.17, 15) is 17.6 Å². The summed E-state index contributed by atoms with van der Waals surface area (Å²) in [6.07, 6.45) is 0.455. The minimum Gasteiger partial charge on any atom is -0.497 e. The molecule has 0 unspecified atom stereocenters. The van der Waals surface area contributed by atoms with Crippen LogP contribution in [0.1, 0.15) is 24.1 Å². The molecule has 1 atom stereocenters. The summed E-state index contributed by atoms with van der Waals surface area (Å²) in [4.78, 5) is 12.9. The van der Waals surface area contributed by atoms with Crippen LogP contribution in [0.15, 0.2) is 83.8 Å². The second kappa shape index (κ2) is 11.1. The van der Waals surface area contributed by atoms with Gasteiger partial charge in [0, 0.05) is 6.54 Å². The molecule has 3 aromatic rings. The average Bonchev–Trinajstić information content (AvgIpc) is 2.82. The van der Waals surface area contributed by atoms with Crippen molar-refractivity contribution in [3.63, 3.8) is 0 Å². The van der Waals surface area contributed by atoms with E-state index in [-0.39, 0.29) is 23.8 Å². The van der Waals surface area contributed by atoms with Gasteiger partial charge >= 0.3 is 0 Å². The van der Waals surface area contributed by atoms with Crippen LogP contribution in [0.5, 0.6) is 5.75 Å². The Morgan fingerprint density at radius 1 is 1.00 bits per heavy atom. The molecule has 0 saturated carbocycles.